The van der Waals surface area contributed by atoms with Gasteiger partial charge in [-0.15, -0.1) is 12.6 Å². The number of Topliss-reactive ketones (excluding diaryl/α,β-unsaturated/α-hetero) is 1. The largest absolute Gasteiger partial charge is 0.295 e. The summed E-state index contributed by atoms with van der Waals surface area (Å²) in [6, 6.07) is 5.03. The summed E-state index contributed by atoms with van der Waals surface area (Å²) in [5, 5.41) is 0.515. The standard InChI is InChI=1S/C8H7ClOS.Zn/c1-5(10)6-2-3-8(11)7(9)4-6;/h2-4,11H,1H3;. The molecule has 0 heterocycles. The van der Waals surface area contributed by atoms with Gasteiger partial charge in [-0.1, -0.05) is 17.7 Å². The van der Waals surface area contributed by atoms with Gasteiger partial charge in [0, 0.05) is 29.9 Å². The summed E-state index contributed by atoms with van der Waals surface area (Å²) in [4.78, 5) is 11.5. The number of carbonyl (C=O) groups excluding carboxylic acids is 1. The van der Waals surface area contributed by atoms with Crippen LogP contribution >= 0.6 is 24.2 Å². The first-order valence-corrected chi connectivity index (χ1v) is 3.93. The molecule has 0 bridgehead atoms. The van der Waals surface area contributed by atoms with Gasteiger partial charge >= 0.3 is 0 Å². The third-order valence-electron chi connectivity index (χ3n) is 1.35. The molecule has 0 spiro atoms. The number of halogens is 1. The Kier molecular flexibility index (Phi) is 5.07. The Morgan fingerprint density at radius 2 is 2.08 bits per heavy atom. The van der Waals surface area contributed by atoms with Crippen molar-refractivity contribution in [3.05, 3.63) is 28.8 Å². The molecule has 0 aromatic heterocycles. The smallest absolute Gasteiger partial charge is 0.159 e. The van der Waals surface area contributed by atoms with Gasteiger partial charge < -0.3 is 0 Å². The predicted octanol–water partition coefficient (Wildman–Crippen LogP) is 2.83. The molecule has 1 aromatic carbocycles. The van der Waals surface area contributed by atoms with E-state index in [0.717, 1.165) is 0 Å². The second-order valence-electron chi connectivity index (χ2n) is 2.22. The molecule has 0 saturated heterocycles. The topological polar surface area (TPSA) is 17.1 Å². The van der Waals surface area contributed by atoms with Crippen LogP contribution in [-0.4, -0.2) is 5.78 Å². The fraction of sp³-hybridized carbons (Fsp3) is 0.125. The van der Waals surface area contributed by atoms with E-state index in [1.165, 1.54) is 6.92 Å². The fourth-order valence-electron chi connectivity index (χ4n) is 0.726. The van der Waals surface area contributed by atoms with Crippen molar-refractivity contribution in [2.24, 2.45) is 0 Å². The van der Waals surface area contributed by atoms with Gasteiger partial charge in [0.05, 0.1) is 5.02 Å². The minimum absolute atomic E-state index is 0. The van der Waals surface area contributed by atoms with Crippen LogP contribution in [0.4, 0.5) is 0 Å². The summed E-state index contributed by atoms with van der Waals surface area (Å²) < 4.78 is 0. The number of hydrogen-bond acceptors (Lipinski definition) is 2. The Morgan fingerprint density at radius 1 is 1.50 bits per heavy atom. The van der Waals surface area contributed by atoms with Crippen LogP contribution in [0.25, 0.3) is 0 Å². The molecular formula is C8H7ClOSZn. The van der Waals surface area contributed by atoms with Gasteiger partial charge in [-0.3, -0.25) is 4.79 Å². The molecule has 0 N–H and O–H groups in total. The van der Waals surface area contributed by atoms with E-state index in [4.69, 9.17) is 11.6 Å². The van der Waals surface area contributed by atoms with Gasteiger partial charge in [-0.05, 0) is 19.1 Å². The zero-order valence-corrected chi connectivity index (χ0v) is 11.3. The summed E-state index contributed by atoms with van der Waals surface area (Å²) in [5.41, 5.74) is 0.618. The summed E-state index contributed by atoms with van der Waals surface area (Å²) in [6.07, 6.45) is 0. The Balaban J connectivity index is 0.00000121. The number of benzene rings is 1. The maximum atomic E-state index is 10.8. The molecule has 60 valence electrons. The number of ketones is 1. The summed E-state index contributed by atoms with van der Waals surface area (Å²) >= 11 is 9.80. The molecular weight excluding hydrogens is 245 g/mol. The molecule has 1 nitrogen and oxygen atoms in total. The van der Waals surface area contributed by atoms with Crippen LogP contribution in [0.1, 0.15) is 17.3 Å². The van der Waals surface area contributed by atoms with Crippen LogP contribution in [0.2, 0.25) is 5.02 Å². The van der Waals surface area contributed by atoms with Crippen molar-refractivity contribution < 1.29 is 24.3 Å². The third-order valence-corrected chi connectivity index (χ3v) is 2.19. The van der Waals surface area contributed by atoms with Crippen molar-refractivity contribution >= 4 is 30.0 Å². The first kappa shape index (κ1) is 12.2. The summed E-state index contributed by atoms with van der Waals surface area (Å²) in [5.74, 6) is 0.0141. The molecule has 0 saturated carbocycles. The van der Waals surface area contributed by atoms with Crippen molar-refractivity contribution in [1.82, 2.24) is 0 Å². The third kappa shape index (κ3) is 2.89. The minimum atomic E-state index is 0. The SMILES string of the molecule is CC(=O)c1ccc(S)c(Cl)c1.[Zn]. The second kappa shape index (κ2) is 5.01. The van der Waals surface area contributed by atoms with E-state index in [9.17, 15) is 4.79 Å². The van der Waals surface area contributed by atoms with Gasteiger partial charge in [0.2, 0.25) is 0 Å². The number of carbonyl (C=O) groups is 1. The van der Waals surface area contributed by atoms with Gasteiger partial charge in [0.15, 0.2) is 5.78 Å². The van der Waals surface area contributed by atoms with Crippen LogP contribution in [-0.2, 0) is 19.5 Å². The quantitative estimate of drug-likeness (QED) is 0.462. The first-order chi connectivity index (χ1) is 5.11. The van der Waals surface area contributed by atoms with E-state index in [2.05, 4.69) is 12.6 Å². The van der Waals surface area contributed by atoms with Gasteiger partial charge in [-0.2, -0.15) is 0 Å². The Labute approximate surface area is 94.7 Å². The van der Waals surface area contributed by atoms with Gasteiger partial charge in [-0.25, -0.2) is 0 Å². The molecule has 12 heavy (non-hydrogen) atoms. The Morgan fingerprint density at radius 3 is 2.50 bits per heavy atom. The van der Waals surface area contributed by atoms with E-state index in [1.807, 2.05) is 0 Å². The molecule has 0 unspecified atom stereocenters. The van der Waals surface area contributed by atoms with Crippen molar-refractivity contribution in [1.29, 1.82) is 0 Å². The average Bonchev–Trinajstić information content (AvgIpc) is 1.94. The predicted molar refractivity (Wildman–Crippen MR) is 48.7 cm³/mol. The number of hydrogen-bond donors (Lipinski definition) is 1. The van der Waals surface area contributed by atoms with Crippen LogP contribution in [0.3, 0.4) is 0 Å². The molecule has 0 amide bonds. The molecule has 0 aliphatic carbocycles. The first-order valence-electron chi connectivity index (χ1n) is 3.10. The van der Waals surface area contributed by atoms with Crippen molar-refractivity contribution in [2.45, 2.75) is 11.8 Å². The van der Waals surface area contributed by atoms with Gasteiger partial charge in [0.1, 0.15) is 0 Å². The molecule has 0 radical (unpaired) electrons. The maximum Gasteiger partial charge on any atom is 0.159 e. The molecule has 0 aliphatic rings. The number of thiol groups is 1. The Bertz CT molecular complexity index is 301. The van der Waals surface area contributed by atoms with Crippen molar-refractivity contribution in [3.8, 4) is 0 Å². The van der Waals surface area contributed by atoms with E-state index in [-0.39, 0.29) is 25.3 Å². The van der Waals surface area contributed by atoms with Crippen LogP contribution in [0.15, 0.2) is 23.1 Å². The normalized spacial score (nSPS) is 8.92. The zero-order chi connectivity index (χ0) is 8.43. The Hall–Kier alpha value is 0.153. The van der Waals surface area contributed by atoms with Crippen molar-refractivity contribution in [3.63, 3.8) is 0 Å². The molecule has 1 aromatic rings. The molecule has 0 fully saturated rings. The molecule has 4 heteroatoms. The van der Waals surface area contributed by atoms with E-state index < -0.39 is 0 Å². The molecule has 0 atom stereocenters. The van der Waals surface area contributed by atoms with Crippen molar-refractivity contribution in [2.75, 3.05) is 0 Å². The van der Waals surface area contributed by atoms with Crippen LogP contribution in [0.5, 0.6) is 0 Å². The molecule has 1 rings (SSSR count). The fourth-order valence-corrected chi connectivity index (χ4v) is 1.05. The van der Waals surface area contributed by atoms with E-state index in [1.54, 1.807) is 18.2 Å². The second-order valence-corrected chi connectivity index (χ2v) is 3.11. The van der Waals surface area contributed by atoms with Gasteiger partial charge in [0.25, 0.3) is 0 Å². The van der Waals surface area contributed by atoms with Crippen LogP contribution < -0.4 is 0 Å². The monoisotopic (exact) mass is 250 g/mol. The van der Waals surface area contributed by atoms with E-state index >= 15 is 0 Å². The van der Waals surface area contributed by atoms with Crippen LogP contribution in [0, 0.1) is 0 Å². The zero-order valence-electron chi connectivity index (χ0n) is 6.67. The summed E-state index contributed by atoms with van der Waals surface area (Å²) in [7, 11) is 0. The average molecular weight is 252 g/mol. The maximum absolute atomic E-state index is 10.8. The minimum Gasteiger partial charge on any atom is -0.295 e. The summed E-state index contributed by atoms with van der Waals surface area (Å²) in [6.45, 7) is 1.50. The van der Waals surface area contributed by atoms with E-state index in [0.29, 0.717) is 15.5 Å². The molecule has 0 aliphatic heterocycles. The number of rotatable bonds is 1.